The molecule has 0 radical (unpaired) electrons. The molecule has 2 aliphatic carbocycles. The van der Waals surface area contributed by atoms with Crippen molar-refractivity contribution in [1.82, 2.24) is 0 Å². The van der Waals surface area contributed by atoms with E-state index in [4.69, 9.17) is 8.53 Å². The van der Waals surface area contributed by atoms with Crippen molar-refractivity contribution in [2.75, 3.05) is 9.80 Å². The highest BCUT2D eigenvalue weighted by molar-refractivity contribution is 7.00. The molecule has 3 nitrogen and oxygen atoms in total. The van der Waals surface area contributed by atoms with Crippen molar-refractivity contribution >= 4 is 62.7 Å². The van der Waals surface area contributed by atoms with Crippen LogP contribution in [-0.2, 0) is 21.7 Å². The Labute approximate surface area is 382 Å². The quantitative estimate of drug-likeness (QED) is 0.165. The third-order valence-corrected chi connectivity index (χ3v) is 16.7. The van der Waals surface area contributed by atoms with Crippen LogP contribution in [0.3, 0.4) is 0 Å². The lowest BCUT2D eigenvalue weighted by molar-refractivity contribution is 0.195. The zero-order valence-electron chi connectivity index (χ0n) is 43.7. The smallest absolute Gasteiger partial charge is 0.297 e. The third kappa shape index (κ3) is 5.27. The summed E-state index contributed by atoms with van der Waals surface area (Å²) in [6.45, 7) is 23.2. The molecule has 0 amide bonds. The number of hydrogen-bond donors (Lipinski definition) is 0. The Morgan fingerprint density at radius 2 is 1.35 bits per heavy atom. The lowest BCUT2D eigenvalue weighted by Gasteiger charge is -2.52. The summed E-state index contributed by atoms with van der Waals surface area (Å²) in [6.07, 6.45) is 6.36. The van der Waals surface area contributed by atoms with Gasteiger partial charge in [-0.2, -0.15) is 0 Å². The fourth-order valence-electron chi connectivity index (χ4n) is 12.9. The summed E-state index contributed by atoms with van der Waals surface area (Å²) < 4.78 is 52.4. The number of fused-ring (bicyclic) bond motifs is 10. The first-order valence-corrected chi connectivity index (χ1v) is 23.4. The van der Waals surface area contributed by atoms with Crippen molar-refractivity contribution in [2.24, 2.45) is 0 Å². The molecular formula is C59H61BN2O. The van der Waals surface area contributed by atoms with Gasteiger partial charge in [0.25, 0.3) is 6.71 Å². The molecule has 0 saturated heterocycles. The minimum atomic E-state index is -0.378. The summed E-state index contributed by atoms with van der Waals surface area (Å²) in [4.78, 5) is 5.22. The first kappa shape index (κ1) is 34.0. The van der Waals surface area contributed by atoms with Crippen LogP contribution < -0.4 is 26.4 Å². The van der Waals surface area contributed by atoms with Crippen LogP contribution in [0.25, 0.3) is 33.2 Å². The number of hydrogen-bond acceptors (Lipinski definition) is 3. The maximum absolute atomic E-state index is 9.30. The number of benzene rings is 6. The van der Waals surface area contributed by atoms with Gasteiger partial charge in [0.2, 0.25) is 0 Å². The second kappa shape index (κ2) is 12.8. The van der Waals surface area contributed by atoms with Crippen LogP contribution in [0.1, 0.15) is 136 Å². The molecule has 0 N–H and O–H groups in total. The zero-order valence-corrected chi connectivity index (χ0v) is 38.7. The Kier molecular flexibility index (Phi) is 6.93. The number of nitrogens with zero attached hydrogens (tertiary/aromatic N) is 2. The van der Waals surface area contributed by atoms with Crippen LogP contribution in [0.4, 0.5) is 28.4 Å². The third-order valence-electron chi connectivity index (χ3n) is 16.7. The second-order valence-corrected chi connectivity index (χ2v) is 22.4. The molecule has 4 heteroatoms. The van der Waals surface area contributed by atoms with Gasteiger partial charge in [-0.15, -0.1) is 0 Å². The Hall–Kier alpha value is -5.48. The van der Waals surface area contributed by atoms with Gasteiger partial charge in [0.15, 0.2) is 0 Å². The average Bonchev–Trinajstić information content (AvgIpc) is 3.77. The monoisotopic (exact) mass is 830 g/mol. The summed E-state index contributed by atoms with van der Waals surface area (Å²) in [7, 11) is 0. The normalized spacial score (nSPS) is 23.5. The molecule has 7 aromatic rings. The van der Waals surface area contributed by atoms with Gasteiger partial charge in [0, 0.05) is 33.4 Å². The first-order valence-electron chi connectivity index (χ1n) is 25.9. The highest BCUT2D eigenvalue weighted by Gasteiger charge is 2.62. The summed E-state index contributed by atoms with van der Waals surface area (Å²) in [5.41, 5.74) is 18.4. The molecule has 6 aromatic carbocycles. The fourth-order valence-corrected chi connectivity index (χ4v) is 12.9. The van der Waals surface area contributed by atoms with E-state index in [1.165, 1.54) is 44.7 Å². The molecule has 316 valence electrons. The van der Waals surface area contributed by atoms with Crippen LogP contribution in [-0.4, -0.2) is 12.3 Å². The van der Waals surface area contributed by atoms with E-state index in [-0.39, 0.29) is 69.7 Å². The predicted octanol–water partition coefficient (Wildman–Crippen LogP) is 14.1. The lowest BCUT2D eigenvalue weighted by Crippen LogP contribution is -2.64. The van der Waals surface area contributed by atoms with Gasteiger partial charge in [-0.1, -0.05) is 141 Å². The van der Waals surface area contributed by atoms with E-state index in [2.05, 4.69) is 164 Å². The minimum absolute atomic E-state index is 0.0336. The zero-order chi connectivity index (χ0) is 47.9. The molecule has 1 fully saturated rings. The summed E-state index contributed by atoms with van der Waals surface area (Å²) >= 11 is 0. The van der Waals surface area contributed by atoms with Crippen molar-refractivity contribution in [1.29, 1.82) is 0 Å². The standard InChI is InChI=1S/C59H61BN2O/c1-36-29-48-51-49(30-36)62-53-45(58(9)25-17-18-26-59(58,62)10)31-39(37-19-13-11-14-20-37)32-46(53)60(51)54-52(42-34-43-44(35-50(42)63-54)57(7,8)28-27-56(43,5)6)61(48)47-24-23-40(55(2,3)4)33-41(47)38-21-15-12-16-22-38/h11-16,19-24,29-35H,17-18,25-28H2,1-10H3/i11D,13D,14D,19D,20D. The molecule has 4 heterocycles. The van der Waals surface area contributed by atoms with E-state index in [1.54, 1.807) is 0 Å². The number of anilines is 5. The maximum Gasteiger partial charge on any atom is 0.297 e. The Balaban J connectivity index is 1.25. The van der Waals surface area contributed by atoms with Crippen molar-refractivity contribution in [2.45, 2.75) is 135 Å². The number of rotatable bonds is 3. The van der Waals surface area contributed by atoms with E-state index < -0.39 is 0 Å². The predicted molar refractivity (Wildman–Crippen MR) is 268 cm³/mol. The molecule has 12 rings (SSSR count). The number of furan rings is 1. The summed E-state index contributed by atoms with van der Waals surface area (Å²) in [6, 6.07) is 30.5. The van der Waals surface area contributed by atoms with Gasteiger partial charge in [0.05, 0.1) is 29.4 Å². The fraction of sp³-hybridized carbons (Fsp3) is 0.356. The van der Waals surface area contributed by atoms with E-state index in [0.29, 0.717) is 5.56 Å². The van der Waals surface area contributed by atoms with Gasteiger partial charge >= 0.3 is 0 Å². The summed E-state index contributed by atoms with van der Waals surface area (Å²) in [5, 5.41) is 1.09. The number of aryl methyl sites for hydroxylation is 1. The average molecular weight is 830 g/mol. The van der Waals surface area contributed by atoms with Gasteiger partial charge in [-0.25, -0.2) is 0 Å². The topological polar surface area (TPSA) is 19.6 Å². The molecule has 2 unspecified atom stereocenters. The van der Waals surface area contributed by atoms with Crippen molar-refractivity contribution < 1.29 is 11.3 Å². The van der Waals surface area contributed by atoms with Crippen LogP contribution in [0.2, 0.25) is 0 Å². The molecule has 1 saturated carbocycles. The molecule has 3 aliphatic heterocycles. The van der Waals surface area contributed by atoms with Crippen molar-refractivity contribution in [3.05, 3.63) is 143 Å². The lowest BCUT2D eigenvalue weighted by atomic mass is 9.35. The van der Waals surface area contributed by atoms with Gasteiger partial charge in [-0.3, -0.25) is 0 Å². The minimum Gasteiger partial charge on any atom is -0.468 e. The van der Waals surface area contributed by atoms with Crippen molar-refractivity contribution in [3.63, 3.8) is 0 Å². The molecular weight excluding hydrogens is 763 g/mol. The SMILES string of the molecule is [2H]c1c([2H])c([2H])c(-c2cc3c4c(c2)C2(C)CCCCC2(C)N4c2cc(C)cc4c2B3c2oc3cc5c(cc3c2N4c2ccc(C(C)(C)C)cc2-c2ccccc2)C(C)(C)CCC5(C)C)c([2H])c1[2H]. The van der Waals surface area contributed by atoms with Gasteiger partial charge < -0.3 is 14.2 Å². The highest BCUT2D eigenvalue weighted by Crippen LogP contribution is 2.63. The van der Waals surface area contributed by atoms with E-state index in [9.17, 15) is 2.74 Å². The molecule has 2 atom stereocenters. The van der Waals surface area contributed by atoms with Crippen LogP contribution in [0, 0.1) is 6.92 Å². The maximum atomic E-state index is 9.30. The van der Waals surface area contributed by atoms with E-state index >= 15 is 0 Å². The van der Waals surface area contributed by atoms with E-state index in [1.807, 2.05) is 0 Å². The molecule has 0 bridgehead atoms. The second-order valence-electron chi connectivity index (χ2n) is 22.4. The largest absolute Gasteiger partial charge is 0.468 e. The van der Waals surface area contributed by atoms with Crippen LogP contribution >= 0.6 is 0 Å². The Morgan fingerprint density at radius 1 is 0.651 bits per heavy atom. The van der Waals surface area contributed by atoms with Crippen molar-refractivity contribution in [3.8, 4) is 22.3 Å². The molecule has 1 aromatic heterocycles. The van der Waals surface area contributed by atoms with Gasteiger partial charge in [-0.05, 0) is 154 Å². The summed E-state index contributed by atoms with van der Waals surface area (Å²) in [5.74, 6) is 0. The van der Waals surface area contributed by atoms with Crippen LogP contribution in [0.15, 0.2) is 120 Å². The molecule has 5 aliphatic rings. The van der Waals surface area contributed by atoms with Crippen LogP contribution in [0.5, 0.6) is 0 Å². The van der Waals surface area contributed by atoms with E-state index in [0.717, 1.165) is 88.8 Å². The Morgan fingerprint density at radius 3 is 2.08 bits per heavy atom. The first-order chi connectivity index (χ1) is 32.1. The highest BCUT2D eigenvalue weighted by atomic mass is 16.3. The van der Waals surface area contributed by atoms with Gasteiger partial charge in [0.1, 0.15) is 5.58 Å². The Bertz CT molecular complexity index is 3340. The molecule has 0 spiro atoms. The molecule has 63 heavy (non-hydrogen) atoms.